The maximum Gasteiger partial charge on any atom is 0.248 e. The molecular formula is C13H19NO4S2. The first-order chi connectivity index (χ1) is 9.54. The number of amides is 1. The average molecular weight is 317 g/mol. The molecule has 5 nitrogen and oxygen atoms in total. The Kier molecular flexibility index (Phi) is 5.17. The molecule has 2 heterocycles. The Bertz CT molecular complexity index is 539. The van der Waals surface area contributed by atoms with Crippen LogP contribution in [0.5, 0.6) is 0 Å². The van der Waals surface area contributed by atoms with Gasteiger partial charge in [0.05, 0.1) is 11.0 Å². The highest BCUT2D eigenvalue weighted by molar-refractivity contribution is 7.91. The van der Waals surface area contributed by atoms with Crippen molar-refractivity contribution >= 4 is 27.1 Å². The van der Waals surface area contributed by atoms with Crippen LogP contribution < -0.4 is 0 Å². The molecule has 1 aliphatic rings. The summed E-state index contributed by atoms with van der Waals surface area (Å²) < 4.78 is 29.7. The molecule has 0 aliphatic carbocycles. The van der Waals surface area contributed by atoms with Gasteiger partial charge in [0.1, 0.15) is 6.61 Å². The highest BCUT2D eigenvalue weighted by Crippen LogP contribution is 2.32. The van der Waals surface area contributed by atoms with E-state index in [4.69, 9.17) is 4.74 Å². The lowest BCUT2D eigenvalue weighted by Gasteiger charge is -2.19. The summed E-state index contributed by atoms with van der Waals surface area (Å²) >= 11 is 1.46. The largest absolute Gasteiger partial charge is 0.372 e. The van der Waals surface area contributed by atoms with E-state index in [1.807, 2.05) is 24.4 Å². The van der Waals surface area contributed by atoms with Crippen LogP contribution in [0.2, 0.25) is 0 Å². The third-order valence-corrected chi connectivity index (χ3v) is 6.63. The second-order valence-corrected chi connectivity index (χ2v) is 7.96. The molecule has 112 valence electrons. The van der Waals surface area contributed by atoms with Crippen molar-refractivity contribution in [1.82, 2.24) is 4.90 Å². The van der Waals surface area contributed by atoms with E-state index in [1.165, 1.54) is 11.3 Å². The smallest absolute Gasteiger partial charge is 0.248 e. The number of hydrogen-bond acceptors (Lipinski definition) is 5. The highest BCUT2D eigenvalue weighted by Gasteiger charge is 2.33. The van der Waals surface area contributed by atoms with Crippen LogP contribution in [0, 0.1) is 0 Å². The van der Waals surface area contributed by atoms with Crippen LogP contribution in [-0.2, 0) is 19.4 Å². The van der Waals surface area contributed by atoms with E-state index in [2.05, 4.69) is 0 Å². The second kappa shape index (κ2) is 6.69. The monoisotopic (exact) mass is 317 g/mol. The molecule has 1 saturated heterocycles. The van der Waals surface area contributed by atoms with Gasteiger partial charge >= 0.3 is 0 Å². The number of hydrogen-bond donors (Lipinski definition) is 0. The van der Waals surface area contributed by atoms with Crippen molar-refractivity contribution in [1.29, 1.82) is 0 Å². The Morgan fingerprint density at radius 3 is 2.95 bits per heavy atom. The number of carbonyl (C=O) groups excluding carboxylic acids is 1. The Morgan fingerprint density at radius 2 is 2.30 bits per heavy atom. The van der Waals surface area contributed by atoms with Gasteiger partial charge < -0.3 is 9.64 Å². The number of sulfone groups is 1. The Hall–Kier alpha value is -0.920. The van der Waals surface area contributed by atoms with Gasteiger partial charge in [-0.1, -0.05) is 6.07 Å². The maximum atomic E-state index is 12.3. The third-order valence-electron chi connectivity index (χ3n) is 3.38. The second-order valence-electron chi connectivity index (χ2n) is 4.68. The molecule has 0 bridgehead atoms. The van der Waals surface area contributed by atoms with Crippen LogP contribution >= 0.6 is 11.3 Å². The predicted molar refractivity (Wildman–Crippen MR) is 78.5 cm³/mol. The number of rotatable bonds is 4. The van der Waals surface area contributed by atoms with Gasteiger partial charge in [0.25, 0.3) is 0 Å². The quantitative estimate of drug-likeness (QED) is 0.843. The van der Waals surface area contributed by atoms with Crippen molar-refractivity contribution in [2.45, 2.75) is 18.6 Å². The van der Waals surface area contributed by atoms with E-state index in [-0.39, 0.29) is 24.8 Å². The van der Waals surface area contributed by atoms with Gasteiger partial charge in [0.15, 0.2) is 9.84 Å². The van der Waals surface area contributed by atoms with Gasteiger partial charge in [-0.2, -0.15) is 0 Å². The number of nitrogens with zero attached hydrogens (tertiary/aromatic N) is 1. The Labute approximate surface area is 123 Å². The molecule has 1 aromatic rings. The molecule has 20 heavy (non-hydrogen) atoms. The molecule has 0 N–H and O–H groups in total. The molecule has 1 aromatic heterocycles. The van der Waals surface area contributed by atoms with Gasteiger partial charge in [-0.15, -0.1) is 11.3 Å². The standard InChI is InChI=1S/C13H19NO4S2/c1-2-18-10-13(15)14-6-5-12(11-4-3-8-19-11)20(16,17)9-7-14/h3-4,8,12H,2,5-7,9-10H2,1H3. The van der Waals surface area contributed by atoms with Crippen molar-refractivity contribution in [2.75, 3.05) is 32.1 Å². The summed E-state index contributed by atoms with van der Waals surface area (Å²) in [7, 11) is -3.19. The molecule has 1 amide bonds. The van der Waals surface area contributed by atoms with Crippen molar-refractivity contribution in [3.8, 4) is 0 Å². The SMILES string of the molecule is CCOCC(=O)N1CCC(c2cccs2)S(=O)(=O)CC1. The fourth-order valence-corrected chi connectivity index (χ4v) is 5.27. The minimum Gasteiger partial charge on any atom is -0.372 e. The molecule has 1 unspecified atom stereocenters. The normalized spacial score (nSPS) is 22.4. The van der Waals surface area contributed by atoms with Crippen LogP contribution in [0.15, 0.2) is 17.5 Å². The predicted octanol–water partition coefficient (Wildman–Crippen LogP) is 1.47. The van der Waals surface area contributed by atoms with E-state index in [1.54, 1.807) is 4.90 Å². The molecule has 0 spiro atoms. The zero-order valence-electron chi connectivity index (χ0n) is 11.4. The molecule has 1 aliphatic heterocycles. The van der Waals surface area contributed by atoms with Crippen LogP contribution in [-0.4, -0.2) is 51.3 Å². The summed E-state index contributed by atoms with van der Waals surface area (Å²) in [6.45, 7) is 3.06. The Balaban J connectivity index is 2.08. The first-order valence-corrected chi connectivity index (χ1v) is 9.24. The fraction of sp³-hybridized carbons (Fsp3) is 0.615. The minimum atomic E-state index is -3.19. The molecule has 7 heteroatoms. The van der Waals surface area contributed by atoms with Gasteiger partial charge in [0.2, 0.25) is 5.91 Å². The molecule has 0 saturated carbocycles. The number of ether oxygens (including phenoxy) is 1. The average Bonchev–Trinajstić information content (AvgIpc) is 2.88. The van der Waals surface area contributed by atoms with Gasteiger partial charge in [0, 0.05) is 24.6 Å². The molecule has 1 fully saturated rings. The lowest BCUT2D eigenvalue weighted by Crippen LogP contribution is -2.36. The zero-order chi connectivity index (χ0) is 14.6. The van der Waals surface area contributed by atoms with E-state index < -0.39 is 15.1 Å². The van der Waals surface area contributed by atoms with E-state index in [0.717, 1.165) is 4.88 Å². The summed E-state index contributed by atoms with van der Waals surface area (Å²) in [6, 6.07) is 3.71. The maximum absolute atomic E-state index is 12.3. The van der Waals surface area contributed by atoms with Gasteiger partial charge in [-0.25, -0.2) is 8.42 Å². The topological polar surface area (TPSA) is 63.7 Å². The summed E-state index contributed by atoms with van der Waals surface area (Å²) in [4.78, 5) is 14.4. The fourth-order valence-electron chi connectivity index (χ4n) is 2.27. The van der Waals surface area contributed by atoms with Crippen molar-refractivity contribution in [3.63, 3.8) is 0 Å². The highest BCUT2D eigenvalue weighted by atomic mass is 32.2. The van der Waals surface area contributed by atoms with E-state index >= 15 is 0 Å². The van der Waals surface area contributed by atoms with E-state index in [9.17, 15) is 13.2 Å². The molecule has 0 aromatic carbocycles. The summed E-state index contributed by atoms with van der Waals surface area (Å²) in [5.41, 5.74) is 0. The van der Waals surface area contributed by atoms with Crippen LogP contribution in [0.1, 0.15) is 23.5 Å². The van der Waals surface area contributed by atoms with Gasteiger partial charge in [-0.3, -0.25) is 4.79 Å². The summed E-state index contributed by atoms with van der Waals surface area (Å²) in [5.74, 6) is -0.109. The lowest BCUT2D eigenvalue weighted by atomic mass is 10.2. The molecular weight excluding hydrogens is 298 g/mol. The van der Waals surface area contributed by atoms with Crippen LogP contribution in [0.3, 0.4) is 0 Å². The van der Waals surface area contributed by atoms with Crippen molar-refractivity contribution in [2.24, 2.45) is 0 Å². The van der Waals surface area contributed by atoms with Crippen LogP contribution in [0.4, 0.5) is 0 Å². The molecule has 2 rings (SSSR count). The summed E-state index contributed by atoms with van der Waals surface area (Å²) in [5, 5.41) is 1.40. The molecule has 0 radical (unpaired) electrons. The van der Waals surface area contributed by atoms with Crippen LogP contribution in [0.25, 0.3) is 0 Å². The Morgan fingerprint density at radius 1 is 1.50 bits per heavy atom. The van der Waals surface area contributed by atoms with Crippen molar-refractivity contribution in [3.05, 3.63) is 22.4 Å². The number of thiophene rings is 1. The van der Waals surface area contributed by atoms with E-state index in [0.29, 0.717) is 19.6 Å². The first-order valence-electron chi connectivity index (χ1n) is 6.65. The number of carbonyl (C=O) groups is 1. The lowest BCUT2D eigenvalue weighted by molar-refractivity contribution is -0.135. The minimum absolute atomic E-state index is 0.0213. The summed E-state index contributed by atoms with van der Waals surface area (Å²) in [6.07, 6.45) is 0.459. The first kappa shape index (κ1) is 15.5. The molecule has 1 atom stereocenters. The third kappa shape index (κ3) is 3.59. The van der Waals surface area contributed by atoms with Gasteiger partial charge in [-0.05, 0) is 24.8 Å². The zero-order valence-corrected chi connectivity index (χ0v) is 13.1. The van der Waals surface area contributed by atoms with Crippen molar-refractivity contribution < 1.29 is 17.9 Å².